The van der Waals surface area contributed by atoms with Gasteiger partial charge in [-0.1, -0.05) is 43.2 Å². The molecule has 2 N–H and O–H groups in total. The number of rotatable bonds is 9. The van der Waals surface area contributed by atoms with Crippen molar-refractivity contribution in [3.63, 3.8) is 0 Å². The zero-order valence-electron chi connectivity index (χ0n) is 15.6. The first-order valence-electron chi connectivity index (χ1n) is 9.05. The number of carbonyl (C=O) groups excluding carboxylic acids is 1. The number of aromatic nitrogens is 2. The van der Waals surface area contributed by atoms with Gasteiger partial charge >= 0.3 is 5.97 Å². The van der Waals surface area contributed by atoms with Gasteiger partial charge in [0.2, 0.25) is 0 Å². The Bertz CT molecular complexity index is 860. The first-order chi connectivity index (χ1) is 12.9. The Morgan fingerprint density at radius 3 is 2.70 bits per heavy atom. The lowest BCUT2D eigenvalue weighted by atomic mass is 9.98. The number of hydrogen-bond donors (Lipinski definition) is 2. The lowest BCUT2D eigenvalue weighted by Crippen LogP contribution is -2.35. The Hall–Kier alpha value is -2.96. The number of unbranched alkanes of at least 4 members (excludes halogenated alkanes) is 1. The molecule has 27 heavy (non-hydrogen) atoms. The Balaban J connectivity index is 2.03. The van der Waals surface area contributed by atoms with Crippen LogP contribution in [0.3, 0.4) is 0 Å². The molecule has 1 aromatic heterocycles. The molecule has 0 aliphatic heterocycles. The van der Waals surface area contributed by atoms with Gasteiger partial charge in [0.25, 0.3) is 11.5 Å². The topological polar surface area (TPSA) is 101 Å². The van der Waals surface area contributed by atoms with Gasteiger partial charge in [-0.15, -0.1) is 0 Å². The fourth-order valence-corrected chi connectivity index (χ4v) is 2.71. The molecule has 0 bridgehead atoms. The summed E-state index contributed by atoms with van der Waals surface area (Å²) < 4.78 is 1.26. The molecular formula is C20H25N3O4. The molecule has 1 atom stereocenters. The summed E-state index contributed by atoms with van der Waals surface area (Å²) in [5, 5.41) is 16.1. The van der Waals surface area contributed by atoms with Crippen LogP contribution >= 0.6 is 0 Å². The van der Waals surface area contributed by atoms with E-state index in [2.05, 4.69) is 10.4 Å². The second-order valence-corrected chi connectivity index (χ2v) is 6.57. The van der Waals surface area contributed by atoms with E-state index in [0.717, 1.165) is 24.0 Å². The minimum Gasteiger partial charge on any atom is -0.481 e. The monoisotopic (exact) mass is 371 g/mol. The van der Waals surface area contributed by atoms with Crippen LogP contribution in [0.15, 0.2) is 41.2 Å². The van der Waals surface area contributed by atoms with E-state index in [-0.39, 0.29) is 17.8 Å². The van der Waals surface area contributed by atoms with E-state index in [1.807, 2.05) is 38.1 Å². The number of carboxylic acids is 1. The van der Waals surface area contributed by atoms with Crippen molar-refractivity contribution >= 4 is 11.9 Å². The number of hydrogen-bond acceptors (Lipinski definition) is 4. The summed E-state index contributed by atoms with van der Waals surface area (Å²) >= 11 is 0. The van der Waals surface area contributed by atoms with Crippen LogP contribution in [0.1, 0.15) is 41.4 Å². The molecule has 0 saturated carbocycles. The van der Waals surface area contributed by atoms with Crippen molar-refractivity contribution in [3.8, 4) is 0 Å². The maximum Gasteiger partial charge on any atom is 0.308 e. The van der Waals surface area contributed by atoms with Gasteiger partial charge in [-0.2, -0.15) is 5.10 Å². The first-order valence-corrected chi connectivity index (χ1v) is 9.05. The summed E-state index contributed by atoms with van der Waals surface area (Å²) in [7, 11) is 0. The molecule has 1 aromatic carbocycles. The van der Waals surface area contributed by atoms with Crippen molar-refractivity contribution in [2.75, 3.05) is 6.54 Å². The molecule has 2 aromatic rings. The third kappa shape index (κ3) is 6.06. The number of aliphatic carboxylic acids is 1. The van der Waals surface area contributed by atoms with Gasteiger partial charge in [-0.25, -0.2) is 4.68 Å². The van der Waals surface area contributed by atoms with E-state index in [4.69, 9.17) is 0 Å². The van der Waals surface area contributed by atoms with E-state index < -0.39 is 17.8 Å². The third-order valence-electron chi connectivity index (χ3n) is 4.25. The van der Waals surface area contributed by atoms with E-state index in [9.17, 15) is 19.5 Å². The summed E-state index contributed by atoms with van der Waals surface area (Å²) in [5.74, 6) is -2.21. The van der Waals surface area contributed by atoms with Crippen LogP contribution in [0.25, 0.3) is 0 Å². The largest absolute Gasteiger partial charge is 0.481 e. The van der Waals surface area contributed by atoms with Gasteiger partial charge in [0.1, 0.15) is 5.69 Å². The first kappa shape index (κ1) is 20.4. The highest BCUT2D eigenvalue weighted by atomic mass is 16.4. The van der Waals surface area contributed by atoms with E-state index >= 15 is 0 Å². The van der Waals surface area contributed by atoms with Crippen LogP contribution in [-0.2, 0) is 17.8 Å². The zero-order chi connectivity index (χ0) is 19.8. The number of nitrogens with zero attached hydrogens (tertiary/aromatic N) is 2. The fraction of sp³-hybridized carbons (Fsp3) is 0.400. The maximum absolute atomic E-state index is 12.3. The second-order valence-electron chi connectivity index (χ2n) is 6.57. The molecule has 0 unspecified atom stereocenters. The Kier molecular flexibility index (Phi) is 7.28. The molecule has 7 heteroatoms. The molecular weight excluding hydrogens is 346 g/mol. The minimum absolute atomic E-state index is 0.0160. The number of carbonyl (C=O) groups is 2. The molecule has 0 saturated heterocycles. The van der Waals surface area contributed by atoms with Gasteiger partial charge in [0.05, 0.1) is 5.92 Å². The molecule has 0 spiro atoms. The van der Waals surface area contributed by atoms with Gasteiger partial charge in [0, 0.05) is 19.2 Å². The van der Waals surface area contributed by atoms with E-state index in [1.165, 1.54) is 16.8 Å². The molecule has 0 radical (unpaired) electrons. The molecule has 1 heterocycles. The SMILES string of the molecule is CCCCn1nc(C(=O)NC[C@H](Cc2cccc(C)c2)C(=O)O)ccc1=O. The lowest BCUT2D eigenvalue weighted by Gasteiger charge is -2.14. The van der Waals surface area contributed by atoms with Gasteiger partial charge in [-0.3, -0.25) is 14.4 Å². The molecule has 0 aliphatic rings. The van der Waals surface area contributed by atoms with Crippen LogP contribution in [0.2, 0.25) is 0 Å². The van der Waals surface area contributed by atoms with Crippen molar-refractivity contribution in [1.29, 1.82) is 0 Å². The molecule has 0 fully saturated rings. The number of nitrogens with one attached hydrogen (secondary N) is 1. The molecule has 7 nitrogen and oxygen atoms in total. The van der Waals surface area contributed by atoms with Crippen LogP contribution < -0.4 is 10.9 Å². The third-order valence-corrected chi connectivity index (χ3v) is 4.25. The van der Waals surface area contributed by atoms with Crippen molar-refractivity contribution in [2.24, 2.45) is 5.92 Å². The number of benzene rings is 1. The number of amides is 1. The Labute approximate surface area is 158 Å². The van der Waals surface area contributed by atoms with Gasteiger partial charge < -0.3 is 10.4 Å². The predicted molar refractivity (Wildman–Crippen MR) is 102 cm³/mol. The number of carboxylic acid groups (broad SMARTS) is 1. The normalized spacial score (nSPS) is 11.8. The average Bonchev–Trinajstić information content (AvgIpc) is 2.64. The van der Waals surface area contributed by atoms with Crippen LogP contribution in [0.4, 0.5) is 0 Å². The van der Waals surface area contributed by atoms with Crippen molar-refractivity contribution in [1.82, 2.24) is 15.1 Å². The highest BCUT2D eigenvalue weighted by molar-refractivity contribution is 5.92. The van der Waals surface area contributed by atoms with Gasteiger partial charge in [0.15, 0.2) is 0 Å². The van der Waals surface area contributed by atoms with Crippen LogP contribution in [-0.4, -0.2) is 33.3 Å². The molecule has 1 amide bonds. The molecule has 0 aliphatic carbocycles. The van der Waals surface area contributed by atoms with Gasteiger partial charge in [-0.05, 0) is 31.4 Å². The highest BCUT2D eigenvalue weighted by Gasteiger charge is 2.20. The Morgan fingerprint density at radius 2 is 2.04 bits per heavy atom. The standard InChI is InChI=1S/C20H25N3O4/c1-3-4-10-23-18(24)9-8-17(22-23)19(25)21-13-16(20(26)27)12-15-7-5-6-14(2)11-15/h5-9,11,16H,3-4,10,12-13H2,1-2H3,(H,21,25)(H,26,27)/t16-/m0/s1. The van der Waals surface area contributed by atoms with E-state index in [0.29, 0.717) is 13.0 Å². The van der Waals surface area contributed by atoms with Crippen LogP contribution in [0.5, 0.6) is 0 Å². The fourth-order valence-electron chi connectivity index (χ4n) is 2.71. The summed E-state index contributed by atoms with van der Waals surface area (Å²) in [6.07, 6.45) is 2.01. The minimum atomic E-state index is -0.974. The summed E-state index contributed by atoms with van der Waals surface area (Å²) in [6, 6.07) is 10.3. The molecule has 2 rings (SSSR count). The van der Waals surface area contributed by atoms with Crippen molar-refractivity contribution in [3.05, 3.63) is 63.6 Å². The molecule has 144 valence electrons. The second kappa shape index (κ2) is 9.66. The maximum atomic E-state index is 12.3. The van der Waals surface area contributed by atoms with E-state index in [1.54, 1.807) is 0 Å². The zero-order valence-corrected chi connectivity index (χ0v) is 15.6. The lowest BCUT2D eigenvalue weighted by molar-refractivity contribution is -0.141. The summed E-state index contributed by atoms with van der Waals surface area (Å²) in [6.45, 7) is 4.38. The smallest absolute Gasteiger partial charge is 0.308 e. The van der Waals surface area contributed by atoms with Crippen molar-refractivity contribution < 1.29 is 14.7 Å². The van der Waals surface area contributed by atoms with Crippen LogP contribution in [0, 0.1) is 12.8 Å². The average molecular weight is 371 g/mol. The Morgan fingerprint density at radius 1 is 1.26 bits per heavy atom. The van der Waals surface area contributed by atoms with Crippen molar-refractivity contribution in [2.45, 2.75) is 39.7 Å². The quantitative estimate of drug-likeness (QED) is 0.702. The number of aryl methyl sites for hydroxylation is 2. The highest BCUT2D eigenvalue weighted by Crippen LogP contribution is 2.11. The predicted octanol–water partition coefficient (Wildman–Crippen LogP) is 2.03. The summed E-state index contributed by atoms with van der Waals surface area (Å²) in [5.41, 5.74) is 1.80. The summed E-state index contributed by atoms with van der Waals surface area (Å²) in [4.78, 5) is 35.7.